The van der Waals surface area contributed by atoms with Gasteiger partial charge in [0.15, 0.2) is 5.76 Å². The van der Waals surface area contributed by atoms with Crippen molar-refractivity contribution >= 4 is 21.7 Å². The number of hydrogen-bond acceptors (Lipinski definition) is 4. The van der Waals surface area contributed by atoms with Gasteiger partial charge in [-0.3, -0.25) is 0 Å². The van der Waals surface area contributed by atoms with Crippen molar-refractivity contribution in [3.63, 3.8) is 0 Å². The van der Waals surface area contributed by atoms with Gasteiger partial charge in [0, 0.05) is 12.6 Å². The first-order valence-corrected chi connectivity index (χ1v) is 5.83. The Kier molecular flexibility index (Phi) is 3.24. The fourth-order valence-electron chi connectivity index (χ4n) is 1.43. The number of nitrogens with one attached hydrogen (secondary N) is 1. The maximum absolute atomic E-state index is 5.37. The second kappa shape index (κ2) is 4.65. The molecule has 0 spiro atoms. The van der Waals surface area contributed by atoms with Crippen LogP contribution in [0.4, 0.5) is 5.82 Å². The lowest BCUT2D eigenvalue weighted by atomic mass is 10.3. The Labute approximate surface area is 102 Å². The molecular weight excluding hydrogens is 270 g/mol. The van der Waals surface area contributed by atoms with Crippen molar-refractivity contribution in [3.05, 3.63) is 28.7 Å². The van der Waals surface area contributed by atoms with Gasteiger partial charge in [0.2, 0.25) is 0 Å². The Bertz CT molecular complexity index is 496. The second-order valence-electron chi connectivity index (χ2n) is 3.31. The predicted octanol–water partition coefficient (Wildman–Crippen LogP) is 3.24. The van der Waals surface area contributed by atoms with Gasteiger partial charge in [0.25, 0.3) is 0 Å². The van der Waals surface area contributed by atoms with E-state index in [4.69, 9.17) is 4.42 Å². The third-order valence-corrected chi connectivity index (χ3v) is 2.67. The maximum Gasteiger partial charge on any atom is 0.166 e. The van der Waals surface area contributed by atoms with Gasteiger partial charge in [-0.2, -0.15) is 0 Å². The topological polar surface area (TPSA) is 51.0 Å². The minimum Gasteiger partial charge on any atom is -0.461 e. The first-order valence-electron chi connectivity index (χ1n) is 5.03. The van der Waals surface area contributed by atoms with Crippen LogP contribution in [0.3, 0.4) is 0 Å². The van der Waals surface area contributed by atoms with E-state index in [1.165, 1.54) is 0 Å². The summed E-state index contributed by atoms with van der Waals surface area (Å²) in [6, 6.07) is 3.72. The molecule has 0 aromatic carbocycles. The van der Waals surface area contributed by atoms with Gasteiger partial charge in [-0.25, -0.2) is 9.97 Å². The van der Waals surface area contributed by atoms with E-state index < -0.39 is 0 Å². The highest BCUT2D eigenvalue weighted by molar-refractivity contribution is 9.10. The summed E-state index contributed by atoms with van der Waals surface area (Å²) in [5, 5.41) is 3.16. The zero-order valence-corrected chi connectivity index (χ0v) is 10.7. The number of rotatable bonds is 3. The number of hydrogen-bond donors (Lipinski definition) is 1. The SMILES string of the molecule is CCNc1cc(-c2occc2Br)nc(C)n1. The Balaban J connectivity index is 2.45. The van der Waals surface area contributed by atoms with Gasteiger partial charge in [-0.05, 0) is 35.8 Å². The van der Waals surface area contributed by atoms with Gasteiger partial charge < -0.3 is 9.73 Å². The molecule has 2 rings (SSSR count). The zero-order valence-electron chi connectivity index (χ0n) is 9.12. The summed E-state index contributed by atoms with van der Waals surface area (Å²) in [5.41, 5.74) is 0.778. The van der Waals surface area contributed by atoms with E-state index in [9.17, 15) is 0 Å². The van der Waals surface area contributed by atoms with Crippen molar-refractivity contribution in [1.29, 1.82) is 0 Å². The van der Waals surface area contributed by atoms with Crippen molar-refractivity contribution in [2.45, 2.75) is 13.8 Å². The number of nitrogens with zero attached hydrogens (tertiary/aromatic N) is 2. The molecule has 2 aromatic rings. The van der Waals surface area contributed by atoms with E-state index in [-0.39, 0.29) is 0 Å². The number of furan rings is 1. The number of aryl methyl sites for hydroxylation is 1. The van der Waals surface area contributed by atoms with Gasteiger partial charge in [-0.1, -0.05) is 0 Å². The minimum absolute atomic E-state index is 0.719. The highest BCUT2D eigenvalue weighted by atomic mass is 79.9. The first kappa shape index (κ1) is 11.1. The van der Waals surface area contributed by atoms with E-state index >= 15 is 0 Å². The third kappa shape index (κ3) is 2.24. The fraction of sp³-hybridized carbons (Fsp3) is 0.273. The molecule has 0 aliphatic rings. The molecule has 16 heavy (non-hydrogen) atoms. The van der Waals surface area contributed by atoms with E-state index in [0.717, 1.165) is 34.1 Å². The Hall–Kier alpha value is -1.36. The van der Waals surface area contributed by atoms with Crippen LogP contribution in [0.25, 0.3) is 11.5 Å². The summed E-state index contributed by atoms with van der Waals surface area (Å²) in [4.78, 5) is 8.63. The number of anilines is 1. The fourth-order valence-corrected chi connectivity index (χ4v) is 1.84. The van der Waals surface area contributed by atoms with Crippen molar-refractivity contribution in [1.82, 2.24) is 9.97 Å². The summed E-state index contributed by atoms with van der Waals surface area (Å²) in [7, 11) is 0. The lowest BCUT2D eigenvalue weighted by Gasteiger charge is -2.05. The van der Waals surface area contributed by atoms with Gasteiger partial charge in [0.1, 0.15) is 17.3 Å². The quantitative estimate of drug-likeness (QED) is 0.939. The molecule has 2 heterocycles. The average Bonchev–Trinajstić information content (AvgIpc) is 2.64. The van der Waals surface area contributed by atoms with Gasteiger partial charge >= 0.3 is 0 Å². The first-order chi connectivity index (χ1) is 7.70. The van der Waals surface area contributed by atoms with Crippen LogP contribution < -0.4 is 5.32 Å². The van der Waals surface area contributed by atoms with Crippen LogP contribution in [0.2, 0.25) is 0 Å². The molecule has 0 saturated heterocycles. The molecule has 0 saturated carbocycles. The molecule has 0 radical (unpaired) electrons. The number of aromatic nitrogens is 2. The minimum atomic E-state index is 0.719. The van der Waals surface area contributed by atoms with Crippen molar-refractivity contribution < 1.29 is 4.42 Å². The Morgan fingerprint density at radius 2 is 2.25 bits per heavy atom. The van der Waals surface area contributed by atoms with E-state index in [0.29, 0.717) is 0 Å². The predicted molar refractivity (Wildman–Crippen MR) is 66.3 cm³/mol. The molecule has 0 aliphatic heterocycles. The molecule has 84 valence electrons. The van der Waals surface area contributed by atoms with Crippen LogP contribution in [0.5, 0.6) is 0 Å². The monoisotopic (exact) mass is 281 g/mol. The molecule has 0 aliphatic carbocycles. The van der Waals surface area contributed by atoms with Crippen molar-refractivity contribution in [2.24, 2.45) is 0 Å². The maximum atomic E-state index is 5.37. The molecule has 0 atom stereocenters. The van der Waals surface area contributed by atoms with Crippen LogP contribution in [-0.4, -0.2) is 16.5 Å². The zero-order chi connectivity index (χ0) is 11.5. The summed E-state index contributed by atoms with van der Waals surface area (Å²) in [6.45, 7) is 4.72. The highest BCUT2D eigenvalue weighted by Crippen LogP contribution is 2.28. The lowest BCUT2D eigenvalue weighted by Crippen LogP contribution is -2.02. The normalized spacial score (nSPS) is 10.4. The van der Waals surface area contributed by atoms with Crippen LogP contribution in [0, 0.1) is 6.92 Å². The van der Waals surface area contributed by atoms with Crippen LogP contribution >= 0.6 is 15.9 Å². The molecule has 0 bridgehead atoms. The smallest absolute Gasteiger partial charge is 0.166 e. The number of halogens is 1. The highest BCUT2D eigenvalue weighted by Gasteiger charge is 2.10. The van der Waals surface area contributed by atoms with Crippen LogP contribution in [0.15, 0.2) is 27.3 Å². The molecule has 0 unspecified atom stereocenters. The second-order valence-corrected chi connectivity index (χ2v) is 4.17. The van der Waals surface area contributed by atoms with Gasteiger partial charge in [0.05, 0.1) is 10.7 Å². The lowest BCUT2D eigenvalue weighted by molar-refractivity contribution is 0.578. The largest absolute Gasteiger partial charge is 0.461 e. The van der Waals surface area contributed by atoms with Crippen LogP contribution in [-0.2, 0) is 0 Å². The van der Waals surface area contributed by atoms with E-state index in [2.05, 4.69) is 31.2 Å². The van der Waals surface area contributed by atoms with E-state index in [1.807, 2.05) is 26.0 Å². The molecule has 1 N–H and O–H groups in total. The standard InChI is InChI=1S/C11H12BrN3O/c1-3-13-10-6-9(14-7(2)15-10)11-8(12)4-5-16-11/h4-6H,3H2,1-2H3,(H,13,14,15). The third-order valence-electron chi connectivity index (χ3n) is 2.05. The summed E-state index contributed by atoms with van der Waals surface area (Å²) < 4.78 is 6.27. The molecule has 4 nitrogen and oxygen atoms in total. The summed E-state index contributed by atoms with van der Waals surface area (Å²) in [5.74, 6) is 2.26. The van der Waals surface area contributed by atoms with Crippen LogP contribution in [0.1, 0.15) is 12.7 Å². The molecule has 0 fully saturated rings. The van der Waals surface area contributed by atoms with Gasteiger partial charge in [-0.15, -0.1) is 0 Å². The van der Waals surface area contributed by atoms with E-state index in [1.54, 1.807) is 6.26 Å². The molecule has 5 heteroatoms. The van der Waals surface area contributed by atoms with Crippen molar-refractivity contribution in [2.75, 3.05) is 11.9 Å². The van der Waals surface area contributed by atoms with Crippen molar-refractivity contribution in [3.8, 4) is 11.5 Å². The molecule has 0 amide bonds. The molecule has 2 aromatic heterocycles. The summed E-state index contributed by atoms with van der Waals surface area (Å²) in [6.07, 6.45) is 1.63. The Morgan fingerprint density at radius 3 is 2.88 bits per heavy atom. The Morgan fingerprint density at radius 1 is 1.44 bits per heavy atom. The summed E-state index contributed by atoms with van der Waals surface area (Å²) >= 11 is 3.42. The average molecular weight is 282 g/mol. The molecular formula is C11H12BrN3O.